The Morgan fingerprint density at radius 1 is 1.31 bits per heavy atom. The Balaban J connectivity index is 3.25. The van der Waals surface area contributed by atoms with Gasteiger partial charge in [-0.2, -0.15) is 0 Å². The van der Waals surface area contributed by atoms with Crippen LogP contribution in [0.25, 0.3) is 0 Å². The van der Waals surface area contributed by atoms with Crippen LogP contribution < -0.4 is 0 Å². The molecule has 0 aromatic rings. The van der Waals surface area contributed by atoms with Crippen molar-refractivity contribution in [2.45, 2.75) is 45.4 Å². The average molecular weight is 184 g/mol. The number of carbonyl (C=O) groups excluding carboxylic acids is 1. The molecule has 0 aliphatic rings. The van der Waals surface area contributed by atoms with Crippen molar-refractivity contribution in [1.82, 2.24) is 0 Å². The fraction of sp³-hybridized carbons (Fsp3) is 0.727. The summed E-state index contributed by atoms with van der Waals surface area (Å²) in [5, 5.41) is 0. The number of allylic oxidation sites excluding steroid dienone is 1. The standard InChI is InChI=1S/C11H20O2/c1-3-4-5-6-8-11(12)9-7-10-13-2/h7,10H,3-6,8-9H2,1-2H3. The van der Waals surface area contributed by atoms with Gasteiger partial charge >= 0.3 is 0 Å². The predicted octanol–water partition coefficient (Wildman–Crippen LogP) is 3.08. The summed E-state index contributed by atoms with van der Waals surface area (Å²) < 4.78 is 4.70. The van der Waals surface area contributed by atoms with E-state index in [-0.39, 0.29) is 0 Å². The Bertz CT molecular complexity index is 150. The predicted molar refractivity (Wildman–Crippen MR) is 54.5 cm³/mol. The molecule has 0 rings (SSSR count). The minimum atomic E-state index is 0.310. The lowest BCUT2D eigenvalue weighted by atomic mass is 10.1. The molecular weight excluding hydrogens is 164 g/mol. The van der Waals surface area contributed by atoms with E-state index in [2.05, 4.69) is 6.92 Å². The van der Waals surface area contributed by atoms with E-state index in [9.17, 15) is 4.79 Å². The van der Waals surface area contributed by atoms with Crippen molar-refractivity contribution in [2.24, 2.45) is 0 Å². The van der Waals surface area contributed by atoms with E-state index in [0.29, 0.717) is 18.6 Å². The molecule has 0 heterocycles. The number of hydrogen-bond acceptors (Lipinski definition) is 2. The van der Waals surface area contributed by atoms with Crippen molar-refractivity contribution in [3.8, 4) is 0 Å². The molecule has 76 valence electrons. The number of Topliss-reactive ketones (excluding diaryl/α,β-unsaturated/α-hetero) is 1. The Hall–Kier alpha value is -0.790. The normalized spacial score (nSPS) is 10.6. The summed E-state index contributed by atoms with van der Waals surface area (Å²) in [4.78, 5) is 11.2. The number of carbonyl (C=O) groups is 1. The molecule has 0 aliphatic carbocycles. The van der Waals surface area contributed by atoms with Crippen LogP contribution in [0.1, 0.15) is 45.4 Å². The summed E-state index contributed by atoms with van der Waals surface area (Å²) in [6.07, 6.45) is 9.23. The zero-order valence-corrected chi connectivity index (χ0v) is 8.71. The van der Waals surface area contributed by atoms with E-state index in [4.69, 9.17) is 4.74 Å². The summed E-state index contributed by atoms with van der Waals surface area (Å²) >= 11 is 0. The molecule has 0 unspecified atom stereocenters. The number of hydrogen-bond donors (Lipinski definition) is 0. The third kappa shape index (κ3) is 9.12. The second-order valence-corrected chi connectivity index (χ2v) is 3.16. The Morgan fingerprint density at radius 3 is 2.69 bits per heavy atom. The van der Waals surface area contributed by atoms with Gasteiger partial charge in [-0.3, -0.25) is 4.79 Å². The van der Waals surface area contributed by atoms with E-state index in [1.807, 2.05) is 0 Å². The highest BCUT2D eigenvalue weighted by atomic mass is 16.5. The molecular formula is C11H20O2. The van der Waals surface area contributed by atoms with Crippen LogP contribution in [0.2, 0.25) is 0 Å². The molecule has 0 amide bonds. The number of rotatable bonds is 8. The quantitative estimate of drug-likeness (QED) is 0.428. The average Bonchev–Trinajstić information content (AvgIpc) is 2.13. The maximum absolute atomic E-state index is 11.2. The second kappa shape index (κ2) is 9.30. The molecule has 0 saturated carbocycles. The Morgan fingerprint density at radius 2 is 2.08 bits per heavy atom. The zero-order chi connectivity index (χ0) is 9.94. The first-order chi connectivity index (χ1) is 6.31. The number of ether oxygens (including phenoxy) is 1. The van der Waals surface area contributed by atoms with Crippen LogP contribution in [-0.4, -0.2) is 12.9 Å². The largest absolute Gasteiger partial charge is 0.505 e. The maximum atomic E-state index is 11.2. The molecule has 13 heavy (non-hydrogen) atoms. The lowest BCUT2D eigenvalue weighted by Crippen LogP contribution is -1.95. The summed E-state index contributed by atoms with van der Waals surface area (Å²) in [6, 6.07) is 0. The van der Waals surface area contributed by atoms with Crippen molar-refractivity contribution >= 4 is 5.78 Å². The molecule has 0 spiro atoms. The molecule has 0 N–H and O–H groups in total. The van der Waals surface area contributed by atoms with Crippen LogP contribution in [0, 0.1) is 0 Å². The number of unbranched alkanes of at least 4 members (excludes halogenated alkanes) is 3. The third-order valence-electron chi connectivity index (χ3n) is 1.89. The van der Waals surface area contributed by atoms with Crippen molar-refractivity contribution in [1.29, 1.82) is 0 Å². The monoisotopic (exact) mass is 184 g/mol. The van der Waals surface area contributed by atoms with Gasteiger partial charge in [0, 0.05) is 12.8 Å². The highest BCUT2D eigenvalue weighted by Crippen LogP contribution is 2.04. The minimum Gasteiger partial charge on any atom is -0.505 e. The zero-order valence-electron chi connectivity index (χ0n) is 8.71. The topological polar surface area (TPSA) is 26.3 Å². The van der Waals surface area contributed by atoms with Crippen LogP contribution in [0.3, 0.4) is 0 Å². The van der Waals surface area contributed by atoms with E-state index in [1.165, 1.54) is 19.3 Å². The van der Waals surface area contributed by atoms with Crippen LogP contribution in [0.15, 0.2) is 12.3 Å². The highest BCUT2D eigenvalue weighted by Gasteiger charge is 1.98. The minimum absolute atomic E-state index is 0.310. The van der Waals surface area contributed by atoms with Crippen molar-refractivity contribution in [3.63, 3.8) is 0 Å². The van der Waals surface area contributed by atoms with E-state index >= 15 is 0 Å². The summed E-state index contributed by atoms with van der Waals surface area (Å²) in [7, 11) is 1.59. The van der Waals surface area contributed by atoms with E-state index in [1.54, 1.807) is 19.4 Å². The summed E-state index contributed by atoms with van der Waals surface area (Å²) in [5.74, 6) is 0.310. The van der Waals surface area contributed by atoms with Gasteiger partial charge in [0.15, 0.2) is 0 Å². The van der Waals surface area contributed by atoms with Gasteiger partial charge in [-0.25, -0.2) is 0 Å². The summed E-state index contributed by atoms with van der Waals surface area (Å²) in [5.41, 5.74) is 0. The highest BCUT2D eigenvalue weighted by molar-refractivity contribution is 5.79. The molecule has 0 aromatic heterocycles. The number of methoxy groups -OCH3 is 1. The molecule has 2 heteroatoms. The van der Waals surface area contributed by atoms with Gasteiger partial charge in [-0.05, 0) is 12.5 Å². The fourth-order valence-electron chi connectivity index (χ4n) is 1.13. The molecule has 0 radical (unpaired) electrons. The first kappa shape index (κ1) is 12.2. The van der Waals surface area contributed by atoms with Gasteiger partial charge in [0.2, 0.25) is 0 Å². The molecule has 0 aliphatic heterocycles. The molecule has 2 nitrogen and oxygen atoms in total. The SMILES string of the molecule is CCCCCCC(=O)CC=COC. The fourth-order valence-corrected chi connectivity index (χ4v) is 1.13. The molecule has 0 aromatic carbocycles. The Kier molecular flexibility index (Phi) is 8.73. The summed E-state index contributed by atoms with van der Waals surface area (Å²) in [6.45, 7) is 2.17. The third-order valence-corrected chi connectivity index (χ3v) is 1.89. The van der Waals surface area contributed by atoms with Crippen molar-refractivity contribution in [3.05, 3.63) is 12.3 Å². The first-order valence-electron chi connectivity index (χ1n) is 5.00. The van der Waals surface area contributed by atoms with E-state index < -0.39 is 0 Å². The lowest BCUT2D eigenvalue weighted by molar-refractivity contribution is -0.118. The van der Waals surface area contributed by atoms with Crippen molar-refractivity contribution in [2.75, 3.05) is 7.11 Å². The van der Waals surface area contributed by atoms with Crippen LogP contribution in [0.4, 0.5) is 0 Å². The van der Waals surface area contributed by atoms with Crippen LogP contribution in [-0.2, 0) is 9.53 Å². The van der Waals surface area contributed by atoms with Gasteiger partial charge in [0.25, 0.3) is 0 Å². The molecule has 0 bridgehead atoms. The van der Waals surface area contributed by atoms with Gasteiger partial charge in [0.1, 0.15) is 5.78 Å². The Labute approximate surface area is 81.0 Å². The molecule has 0 saturated heterocycles. The maximum Gasteiger partial charge on any atom is 0.136 e. The van der Waals surface area contributed by atoms with Gasteiger partial charge in [-0.15, -0.1) is 0 Å². The lowest BCUT2D eigenvalue weighted by Gasteiger charge is -1.97. The molecule has 0 fully saturated rings. The van der Waals surface area contributed by atoms with E-state index in [0.717, 1.165) is 6.42 Å². The number of ketones is 1. The first-order valence-corrected chi connectivity index (χ1v) is 5.00. The molecule has 0 atom stereocenters. The van der Waals surface area contributed by atoms with Crippen LogP contribution in [0.5, 0.6) is 0 Å². The second-order valence-electron chi connectivity index (χ2n) is 3.16. The van der Waals surface area contributed by atoms with Crippen molar-refractivity contribution < 1.29 is 9.53 Å². The van der Waals surface area contributed by atoms with Gasteiger partial charge < -0.3 is 4.74 Å². The smallest absolute Gasteiger partial charge is 0.136 e. The van der Waals surface area contributed by atoms with Crippen LogP contribution >= 0.6 is 0 Å². The van der Waals surface area contributed by atoms with Gasteiger partial charge in [0.05, 0.1) is 13.4 Å². The van der Waals surface area contributed by atoms with Gasteiger partial charge in [-0.1, -0.05) is 26.2 Å².